The number of aromatic amines is 3. The summed E-state index contributed by atoms with van der Waals surface area (Å²) >= 11 is 0. The fraction of sp³-hybridized carbons (Fsp3) is 0. The molecule has 0 amide bonds. The summed E-state index contributed by atoms with van der Waals surface area (Å²) in [4.78, 5) is 24.9. The number of aromatic nitrogens is 4. The molecule has 5 aliphatic rings. The molecule has 4 aromatic heterocycles. The first-order chi connectivity index (χ1) is 64.2. The first-order valence-corrected chi connectivity index (χ1v) is 36.3. The molecular weight excluding hydrogens is 2140 g/mol. The molecule has 17 rings (SSSR count). The van der Waals surface area contributed by atoms with Crippen molar-refractivity contribution in [3.8, 4) is 0 Å². The summed E-state index contributed by atoms with van der Waals surface area (Å²) in [6.45, 7) is 0. The number of allylic oxidation sites excluding steroid dienone is 9. The van der Waals surface area contributed by atoms with E-state index in [-0.39, 0.29) is 120 Å². The van der Waals surface area contributed by atoms with E-state index in [1.54, 1.807) is 0 Å². The van der Waals surface area contributed by atoms with E-state index in [1.807, 2.05) is 33.2 Å². The van der Waals surface area contributed by atoms with Crippen molar-refractivity contribution in [2.75, 3.05) is 0 Å². The van der Waals surface area contributed by atoms with Crippen molar-refractivity contribution in [2.45, 2.75) is 0 Å². The van der Waals surface area contributed by atoms with Crippen LogP contribution in [0.1, 0.15) is 67.3 Å². The van der Waals surface area contributed by atoms with Gasteiger partial charge in [-0.15, -0.1) is 10.7 Å². The smallest absolute Gasteiger partial charge is 0.657 e. The summed E-state index contributed by atoms with van der Waals surface area (Å²) in [5.74, 6) is -122. The number of fused-ring (bicyclic) bond motifs is 12. The molecule has 0 unspecified atom stereocenters. The third kappa shape index (κ3) is 14.8. The van der Waals surface area contributed by atoms with Crippen LogP contribution in [0.3, 0.4) is 0 Å². The topological polar surface area (TPSA) is 111 Å². The number of aliphatic imine (C=N–C) groups is 4. The second-order valence-corrected chi connectivity index (χ2v) is 28.2. The Labute approximate surface area is 761 Å². The Kier molecular flexibility index (Phi) is 25.3. The molecule has 0 atom stereocenters. The third-order valence-electron chi connectivity index (χ3n) is 20.9. The minimum atomic E-state index is -3.08. The molecule has 3 N–H and O–H groups in total. The van der Waals surface area contributed by atoms with Gasteiger partial charge in [-0.1, -0.05) is 67.9 Å². The number of H-pyrrole nitrogens is 3. The predicted molar refractivity (Wildman–Crippen MR) is 387 cm³/mol. The Morgan fingerprint density at radius 3 is 0.659 bits per heavy atom. The van der Waals surface area contributed by atoms with E-state index in [0.29, 0.717) is 0 Å². The molecular formula is C88H16F40N8Pd2. The molecule has 0 aliphatic carbocycles. The van der Waals surface area contributed by atoms with Gasteiger partial charge in [0, 0.05) is 44.9 Å². The minimum absolute atomic E-state index is 0. The summed E-state index contributed by atoms with van der Waals surface area (Å²) in [6, 6.07) is 6.52. The zero-order valence-corrected chi connectivity index (χ0v) is 67.6. The molecule has 50 heteroatoms. The molecule has 12 aromatic rings. The van der Waals surface area contributed by atoms with Gasteiger partial charge in [-0.3, -0.25) is 15.0 Å². The van der Waals surface area contributed by atoms with Gasteiger partial charge in [-0.25, -0.2) is 181 Å². The van der Waals surface area contributed by atoms with Gasteiger partial charge < -0.3 is 19.9 Å². The zero-order chi connectivity index (χ0) is 98.5. The molecule has 138 heavy (non-hydrogen) atoms. The van der Waals surface area contributed by atoms with Crippen LogP contribution in [0.2, 0.25) is 0 Å². The Balaban J connectivity index is 0.00000722. The van der Waals surface area contributed by atoms with Crippen LogP contribution >= 0.6 is 0 Å². The molecule has 5 aliphatic heterocycles. The Bertz CT molecular complexity index is 8100. The van der Waals surface area contributed by atoms with Crippen molar-refractivity contribution in [1.82, 2.24) is 19.9 Å². The summed E-state index contributed by atoms with van der Waals surface area (Å²) in [5, 5.41) is -6.33. The van der Waals surface area contributed by atoms with Crippen LogP contribution in [0.15, 0.2) is 122 Å². The molecule has 0 fully saturated rings. The summed E-state index contributed by atoms with van der Waals surface area (Å²) in [7, 11) is 0. The van der Waals surface area contributed by atoms with E-state index in [4.69, 9.17) is 0 Å². The van der Waals surface area contributed by atoms with Crippen LogP contribution in [-0.2, 0) is 40.8 Å². The SMILES string of the molecule is Fc1c(F)c(F)c(C2=C3C=CC(=N3)C(c3c(F)c(F)c(F)c(F)c3F)=c3[c-]cc([nH]3)=C(c3c(F)c(F)c(F)c(F)c3F)c3c[c-]c([nH]3)C(c3c(F)c(F)c(F)c(F)c3F)=C3C=CC(=N3)C(c3c(F)c(F)c(F)c(F)c3F)=c3ccc([n-]3)=C(c3c(F)c(F)c(F)c(F)c3F)C3=NC(=C(c4c(F)c(F)c(F)c(F)c4F)c4c[c-]c([nH]4)C(c4c(F)c(F)c(F)c(F)c4F)=C4C=CC2=N4)C=C3)c(F)c1F.[Pd+2].[Pd+2]. The standard InChI is InChI=1S/C88H16F40N8.2Pd/c89-49-41(50(90)66(106)81(121)65(49)105)33-17-1-2-18(129-17)34(42-51(91)67(107)82(122)68(108)52(42)92)20-5-6-22(131-20)36(44-55(95)71(111)84(124)72(112)56(44)96)24-9-10-26(133-24)38(46-59(99)75(115)86(126)76(116)60(46)100)28-13-14-30(135-28)40(48-63(103)79(119)88(128)80(120)64(48)104)32-16-15-31(136-32)39(47-61(101)77(117)87(127)78(118)62(47)102)29-12-11-27(134-29)37(45-57(97)73(113)85(125)74(114)58(45)98)25-8-7-23(132-25)35(21-4-3-19(33)130-21)43-53(93)69(109)83(123)70(110)54(43)94;;/h1-7,10-13,15-16,132-133,135H;;/q-4;2*+2. The quantitative estimate of drug-likeness (QED) is 0.0455. The Hall–Kier alpha value is -14.5. The molecule has 9 heterocycles. The van der Waals surface area contributed by atoms with Gasteiger partial charge in [0.25, 0.3) is 0 Å². The van der Waals surface area contributed by atoms with Gasteiger partial charge in [0.2, 0.25) is 29.1 Å². The van der Waals surface area contributed by atoms with Crippen LogP contribution < -0.4 is 26.4 Å². The number of nitrogens with zero attached hydrogens (tertiary/aromatic N) is 5. The maximum absolute atomic E-state index is 16.8. The van der Waals surface area contributed by atoms with Crippen LogP contribution in [0, 0.1) is 251 Å². The van der Waals surface area contributed by atoms with Crippen LogP contribution in [0.5, 0.6) is 0 Å². The summed E-state index contributed by atoms with van der Waals surface area (Å²) in [6.07, 6.45) is 1.44. The predicted octanol–water partition coefficient (Wildman–Crippen LogP) is 20.6. The van der Waals surface area contributed by atoms with E-state index >= 15 is 176 Å². The number of halogens is 40. The van der Waals surface area contributed by atoms with Gasteiger partial charge in [0.15, 0.2) is 204 Å². The van der Waals surface area contributed by atoms with Gasteiger partial charge in [0.05, 0.1) is 50.8 Å². The van der Waals surface area contributed by atoms with Crippen molar-refractivity contribution in [3.05, 3.63) is 441 Å². The number of hydrogen-bond donors (Lipinski definition) is 3. The normalized spacial score (nSPS) is 14.4. The average Bonchev–Trinajstić information content (AvgIpc) is 1.58. The van der Waals surface area contributed by atoms with E-state index < -0.39 is 412 Å². The first-order valence-electron chi connectivity index (χ1n) is 36.3. The fourth-order valence-electron chi connectivity index (χ4n) is 14.8. The molecule has 0 saturated carbocycles. The molecule has 16 bridgehead atoms. The maximum Gasteiger partial charge on any atom is 2.00 e. The van der Waals surface area contributed by atoms with E-state index in [0.717, 1.165) is 0 Å². The van der Waals surface area contributed by atoms with Crippen LogP contribution in [0.25, 0.3) is 44.6 Å². The van der Waals surface area contributed by atoms with Crippen molar-refractivity contribution in [2.24, 2.45) is 20.0 Å². The van der Waals surface area contributed by atoms with Crippen LogP contribution in [0.4, 0.5) is 176 Å². The largest absolute Gasteiger partial charge is 2.00 e. The minimum Gasteiger partial charge on any atom is -0.657 e. The average molecular weight is 2160 g/mol. The zero-order valence-electron chi connectivity index (χ0n) is 64.5. The van der Waals surface area contributed by atoms with Gasteiger partial charge in [-0.2, -0.15) is 36.4 Å². The fourth-order valence-corrected chi connectivity index (χ4v) is 14.8. The second-order valence-electron chi connectivity index (χ2n) is 28.2. The van der Waals surface area contributed by atoms with E-state index in [1.165, 1.54) is 0 Å². The van der Waals surface area contributed by atoms with Gasteiger partial charge in [-0.05, 0) is 65.3 Å². The number of rotatable bonds is 8. The van der Waals surface area contributed by atoms with Gasteiger partial charge >= 0.3 is 40.8 Å². The third-order valence-corrected chi connectivity index (χ3v) is 20.9. The first kappa shape index (κ1) is 98.0. The van der Waals surface area contributed by atoms with E-state index in [2.05, 4.69) is 25.0 Å². The van der Waals surface area contributed by atoms with Gasteiger partial charge in [0.1, 0.15) is 0 Å². The monoisotopic (exact) mass is 2160 g/mol. The summed E-state index contributed by atoms with van der Waals surface area (Å²) < 4.78 is 644. The number of hydrogen-bond acceptors (Lipinski definition) is 4. The van der Waals surface area contributed by atoms with Crippen molar-refractivity contribution >= 4 is 67.4 Å². The van der Waals surface area contributed by atoms with Crippen LogP contribution in [-0.4, -0.2) is 37.8 Å². The van der Waals surface area contributed by atoms with Crippen molar-refractivity contribution in [3.63, 3.8) is 0 Å². The molecule has 708 valence electrons. The van der Waals surface area contributed by atoms with Crippen molar-refractivity contribution in [1.29, 1.82) is 0 Å². The Morgan fingerprint density at radius 2 is 0.384 bits per heavy atom. The van der Waals surface area contributed by atoms with E-state index in [9.17, 15) is 0 Å². The number of benzene rings is 8. The number of nitrogens with one attached hydrogen (secondary N) is 3. The Morgan fingerprint density at radius 1 is 0.188 bits per heavy atom. The maximum atomic E-state index is 16.8. The molecule has 8 nitrogen and oxygen atoms in total. The summed E-state index contributed by atoms with van der Waals surface area (Å²) in [5.41, 5.74) is -53.1. The van der Waals surface area contributed by atoms with Crippen molar-refractivity contribution < 1.29 is 216 Å². The molecule has 0 spiro atoms. The molecule has 0 radical (unpaired) electrons. The molecule has 8 aromatic carbocycles. The second kappa shape index (κ2) is 35.6. The molecule has 0 saturated heterocycles.